The van der Waals surface area contributed by atoms with E-state index in [1.807, 2.05) is 25.1 Å². The fourth-order valence-corrected chi connectivity index (χ4v) is 2.58. The third-order valence-electron chi connectivity index (χ3n) is 2.99. The van der Waals surface area contributed by atoms with Crippen LogP contribution in [0.25, 0.3) is 0 Å². The van der Waals surface area contributed by atoms with Gasteiger partial charge in [0.15, 0.2) is 0 Å². The summed E-state index contributed by atoms with van der Waals surface area (Å²) in [5.41, 5.74) is 2.74. The average molecular weight is 371 g/mol. The van der Waals surface area contributed by atoms with Crippen molar-refractivity contribution in [1.29, 1.82) is 0 Å². The molecule has 0 saturated carbocycles. The zero-order chi connectivity index (χ0) is 15.4. The third-order valence-corrected chi connectivity index (χ3v) is 3.95. The largest absolute Gasteiger partial charge is 0.489 e. The molecule has 2 rings (SSSR count). The molecule has 0 spiro atoms. The second kappa shape index (κ2) is 6.91. The van der Waals surface area contributed by atoms with E-state index >= 15 is 0 Å². The molecule has 0 atom stereocenters. The molecule has 0 radical (unpaired) electrons. The molecule has 2 aromatic rings. The van der Waals surface area contributed by atoms with Crippen molar-refractivity contribution in [3.8, 4) is 5.75 Å². The van der Waals surface area contributed by atoms with Crippen molar-refractivity contribution in [3.63, 3.8) is 0 Å². The van der Waals surface area contributed by atoms with Crippen LogP contribution in [0.2, 0.25) is 5.02 Å². The van der Waals surface area contributed by atoms with Crippen molar-refractivity contribution in [2.24, 2.45) is 0 Å². The summed E-state index contributed by atoms with van der Waals surface area (Å²) in [6, 6.07) is 10.3. The maximum atomic E-state index is 10.8. The Kier molecular flexibility index (Phi) is 5.20. The zero-order valence-electron chi connectivity index (χ0n) is 11.3. The number of halogens is 2. The van der Waals surface area contributed by atoms with E-state index in [0.717, 1.165) is 16.7 Å². The van der Waals surface area contributed by atoms with Gasteiger partial charge in [0.1, 0.15) is 12.4 Å². The Morgan fingerprint density at radius 1 is 1.24 bits per heavy atom. The monoisotopic (exact) mass is 369 g/mol. The van der Waals surface area contributed by atoms with Gasteiger partial charge in [0, 0.05) is 33.6 Å². The van der Waals surface area contributed by atoms with E-state index in [1.54, 1.807) is 6.07 Å². The predicted molar refractivity (Wildman–Crippen MR) is 86.2 cm³/mol. The number of rotatable bonds is 5. The summed E-state index contributed by atoms with van der Waals surface area (Å²) in [5.74, 6) is 0.606. The van der Waals surface area contributed by atoms with Crippen LogP contribution in [0.4, 0.5) is 5.69 Å². The number of alkyl halides is 1. The van der Waals surface area contributed by atoms with Crippen LogP contribution in [0.3, 0.4) is 0 Å². The highest BCUT2D eigenvalue weighted by Crippen LogP contribution is 2.28. The first kappa shape index (κ1) is 15.8. The van der Waals surface area contributed by atoms with Crippen molar-refractivity contribution in [3.05, 3.63) is 68.2 Å². The van der Waals surface area contributed by atoms with E-state index in [4.69, 9.17) is 16.3 Å². The van der Waals surface area contributed by atoms with Gasteiger partial charge < -0.3 is 4.74 Å². The highest BCUT2D eigenvalue weighted by atomic mass is 79.9. The van der Waals surface area contributed by atoms with E-state index in [0.29, 0.717) is 22.7 Å². The molecule has 0 saturated heterocycles. The number of nitrogens with zero attached hydrogens (tertiary/aromatic N) is 1. The number of nitro groups is 1. The van der Waals surface area contributed by atoms with Crippen LogP contribution in [-0.4, -0.2) is 4.92 Å². The van der Waals surface area contributed by atoms with E-state index in [2.05, 4.69) is 15.9 Å². The van der Waals surface area contributed by atoms with Gasteiger partial charge in [-0.15, -0.1) is 0 Å². The summed E-state index contributed by atoms with van der Waals surface area (Å²) < 4.78 is 5.73. The second-order valence-electron chi connectivity index (χ2n) is 4.57. The standard InChI is InChI=1S/C15H13BrClNO3/c1-10-2-3-11(14(17)6-10)9-21-15-5-4-13(18(19)20)7-12(15)8-16/h2-7H,8-9H2,1H3. The SMILES string of the molecule is Cc1ccc(COc2ccc([N+](=O)[O-])cc2CBr)c(Cl)c1. The second-order valence-corrected chi connectivity index (χ2v) is 5.53. The van der Waals surface area contributed by atoms with Gasteiger partial charge in [-0.25, -0.2) is 0 Å². The zero-order valence-corrected chi connectivity index (χ0v) is 13.6. The normalized spacial score (nSPS) is 10.4. The molecule has 0 heterocycles. The van der Waals surface area contributed by atoms with Gasteiger partial charge in [-0.1, -0.05) is 39.7 Å². The molecule has 0 unspecified atom stereocenters. The molecule has 0 aromatic heterocycles. The highest BCUT2D eigenvalue weighted by Gasteiger charge is 2.11. The maximum absolute atomic E-state index is 10.8. The highest BCUT2D eigenvalue weighted by molar-refractivity contribution is 9.08. The van der Waals surface area contributed by atoms with E-state index in [1.165, 1.54) is 12.1 Å². The van der Waals surface area contributed by atoms with E-state index in [-0.39, 0.29) is 5.69 Å². The van der Waals surface area contributed by atoms with Gasteiger partial charge in [0.25, 0.3) is 5.69 Å². The van der Waals surface area contributed by atoms with Gasteiger partial charge in [0.2, 0.25) is 0 Å². The molecule has 4 nitrogen and oxygen atoms in total. The predicted octanol–water partition coefficient (Wildman–Crippen LogP) is 5.03. The summed E-state index contributed by atoms with van der Waals surface area (Å²) in [4.78, 5) is 10.3. The number of ether oxygens (including phenoxy) is 1. The van der Waals surface area contributed by atoms with Crippen LogP contribution in [-0.2, 0) is 11.9 Å². The van der Waals surface area contributed by atoms with Gasteiger partial charge in [-0.05, 0) is 24.6 Å². The first-order valence-corrected chi connectivity index (χ1v) is 7.72. The molecule has 0 N–H and O–H groups in total. The average Bonchev–Trinajstić information content (AvgIpc) is 2.46. The molecule has 0 aliphatic heterocycles. The fraction of sp³-hybridized carbons (Fsp3) is 0.200. The molecule has 0 fully saturated rings. The third kappa shape index (κ3) is 3.95. The van der Waals surface area contributed by atoms with Crippen molar-refractivity contribution in [1.82, 2.24) is 0 Å². The first-order valence-electron chi connectivity index (χ1n) is 6.22. The quantitative estimate of drug-likeness (QED) is 0.421. The summed E-state index contributed by atoms with van der Waals surface area (Å²) in [7, 11) is 0. The Labute approximate surface area is 136 Å². The molecule has 0 bridgehead atoms. The number of hydrogen-bond acceptors (Lipinski definition) is 3. The molecule has 21 heavy (non-hydrogen) atoms. The molecule has 6 heteroatoms. The Bertz CT molecular complexity index is 676. The Balaban J connectivity index is 2.17. The van der Waals surface area contributed by atoms with Crippen LogP contribution in [0.5, 0.6) is 5.75 Å². The Hall–Kier alpha value is -1.59. The first-order chi connectivity index (χ1) is 10.0. The lowest BCUT2D eigenvalue weighted by Crippen LogP contribution is -2.00. The molecule has 0 aliphatic rings. The number of hydrogen-bond donors (Lipinski definition) is 0. The van der Waals surface area contributed by atoms with Crippen LogP contribution in [0, 0.1) is 17.0 Å². The summed E-state index contributed by atoms with van der Waals surface area (Å²) in [6.07, 6.45) is 0. The van der Waals surface area contributed by atoms with Crippen molar-refractivity contribution in [2.45, 2.75) is 18.9 Å². The van der Waals surface area contributed by atoms with Gasteiger partial charge >= 0.3 is 0 Å². The number of aryl methyl sites for hydroxylation is 1. The lowest BCUT2D eigenvalue weighted by Gasteiger charge is -2.11. The summed E-state index contributed by atoms with van der Waals surface area (Å²) in [5, 5.41) is 11.9. The number of nitro benzene ring substituents is 1. The van der Waals surface area contributed by atoms with E-state index < -0.39 is 4.92 Å². The van der Waals surface area contributed by atoms with Crippen molar-refractivity contribution >= 4 is 33.2 Å². The van der Waals surface area contributed by atoms with Crippen molar-refractivity contribution in [2.75, 3.05) is 0 Å². The molecule has 0 amide bonds. The topological polar surface area (TPSA) is 52.4 Å². The lowest BCUT2D eigenvalue weighted by atomic mass is 10.1. The molecule has 110 valence electrons. The molecule has 0 aliphatic carbocycles. The summed E-state index contributed by atoms with van der Waals surface area (Å²) >= 11 is 9.47. The van der Waals surface area contributed by atoms with E-state index in [9.17, 15) is 10.1 Å². The van der Waals surface area contributed by atoms with Gasteiger partial charge in [0.05, 0.1) is 4.92 Å². The molecular formula is C15H13BrClNO3. The minimum atomic E-state index is -0.424. The number of benzene rings is 2. The maximum Gasteiger partial charge on any atom is 0.270 e. The van der Waals surface area contributed by atoms with Crippen LogP contribution >= 0.6 is 27.5 Å². The minimum absolute atomic E-state index is 0.0465. The van der Waals surface area contributed by atoms with Crippen LogP contribution < -0.4 is 4.74 Å². The Morgan fingerprint density at radius 3 is 2.62 bits per heavy atom. The Morgan fingerprint density at radius 2 is 2.00 bits per heavy atom. The molecular weight excluding hydrogens is 358 g/mol. The number of non-ortho nitro benzene ring substituents is 1. The smallest absolute Gasteiger partial charge is 0.270 e. The minimum Gasteiger partial charge on any atom is -0.489 e. The fourth-order valence-electron chi connectivity index (χ4n) is 1.85. The van der Waals surface area contributed by atoms with Gasteiger partial charge in [-0.2, -0.15) is 0 Å². The van der Waals surface area contributed by atoms with Crippen LogP contribution in [0.1, 0.15) is 16.7 Å². The molecule has 2 aromatic carbocycles. The lowest BCUT2D eigenvalue weighted by molar-refractivity contribution is -0.384. The van der Waals surface area contributed by atoms with Crippen LogP contribution in [0.15, 0.2) is 36.4 Å². The van der Waals surface area contributed by atoms with Gasteiger partial charge in [-0.3, -0.25) is 10.1 Å². The van der Waals surface area contributed by atoms with Crippen molar-refractivity contribution < 1.29 is 9.66 Å². The summed E-state index contributed by atoms with van der Waals surface area (Å²) in [6.45, 7) is 2.28.